The number of nitrogens with zero attached hydrogens (tertiary/aromatic N) is 1. The maximum Gasteiger partial charge on any atom is 0.269 e. The smallest absolute Gasteiger partial charge is 0.269 e. The van der Waals surface area contributed by atoms with Crippen LogP contribution >= 0.6 is 27.5 Å². The van der Waals surface area contributed by atoms with Gasteiger partial charge in [-0.25, -0.2) is 0 Å². The number of nitro groups is 1. The average molecular weight is 576 g/mol. The molecule has 2 aliphatic rings. The van der Waals surface area contributed by atoms with Crippen molar-refractivity contribution < 1.29 is 9.72 Å². The van der Waals surface area contributed by atoms with Crippen LogP contribution in [0.2, 0.25) is 5.02 Å². The molecular formula is C30H24BrClN2O3. The summed E-state index contributed by atoms with van der Waals surface area (Å²) in [5.74, 6) is -0.379. The van der Waals surface area contributed by atoms with E-state index in [2.05, 4.69) is 35.1 Å². The van der Waals surface area contributed by atoms with Crippen LogP contribution < -0.4 is 5.32 Å². The summed E-state index contributed by atoms with van der Waals surface area (Å²) in [6.07, 6.45) is 4.64. The zero-order chi connectivity index (χ0) is 26.3. The summed E-state index contributed by atoms with van der Waals surface area (Å²) < 4.78 is 0.975. The summed E-state index contributed by atoms with van der Waals surface area (Å²) in [6.45, 7) is 4.17. The van der Waals surface area contributed by atoms with E-state index in [9.17, 15) is 14.9 Å². The number of hydrogen-bond donors (Lipinski definition) is 1. The van der Waals surface area contributed by atoms with E-state index in [4.69, 9.17) is 11.6 Å². The Hall–Kier alpha value is -3.48. The molecule has 1 unspecified atom stereocenters. The van der Waals surface area contributed by atoms with Crippen molar-refractivity contribution in [3.63, 3.8) is 0 Å². The van der Waals surface area contributed by atoms with E-state index in [0.717, 1.165) is 38.1 Å². The first-order valence-corrected chi connectivity index (χ1v) is 13.0. The van der Waals surface area contributed by atoms with Gasteiger partial charge in [0.05, 0.1) is 4.92 Å². The van der Waals surface area contributed by atoms with Gasteiger partial charge in [0.25, 0.3) is 5.69 Å². The Kier molecular flexibility index (Phi) is 6.65. The molecule has 5 nitrogen and oxygen atoms in total. The maximum atomic E-state index is 14.2. The number of halogens is 2. The number of rotatable bonds is 4. The molecule has 0 aromatic heterocycles. The molecule has 0 saturated heterocycles. The molecule has 5 rings (SSSR count). The van der Waals surface area contributed by atoms with Crippen LogP contribution in [0.4, 0.5) is 5.69 Å². The van der Waals surface area contributed by atoms with Gasteiger partial charge in [0.2, 0.25) is 0 Å². The lowest BCUT2D eigenvalue weighted by Gasteiger charge is -2.40. The van der Waals surface area contributed by atoms with Gasteiger partial charge in [-0.15, -0.1) is 0 Å². The number of Topliss-reactive ketones (excluding diaryl/α,β-unsaturated/α-hetero) is 1. The molecule has 3 aromatic carbocycles. The van der Waals surface area contributed by atoms with Gasteiger partial charge in [-0.05, 0) is 64.9 Å². The van der Waals surface area contributed by atoms with E-state index in [1.165, 1.54) is 12.1 Å². The first-order chi connectivity index (χ1) is 17.6. The van der Waals surface area contributed by atoms with E-state index in [1.807, 2.05) is 60.7 Å². The van der Waals surface area contributed by atoms with Crippen LogP contribution in [0.15, 0.2) is 100 Å². The van der Waals surface area contributed by atoms with Crippen LogP contribution in [0, 0.1) is 15.5 Å². The molecule has 0 saturated carbocycles. The first kappa shape index (κ1) is 25.2. The standard InChI is InChI=1S/C30H24BrClN2O3/c1-30(2)17-27-28(29(35)25(30)15-18-3-9-21(31)10-4-18)24(19-7-13-23(14-8-19)34(36)37)16-26(33-27)20-5-11-22(32)12-6-20/h3-16,24,33H,17H2,1-2H3/b25-15+. The van der Waals surface area contributed by atoms with Gasteiger partial charge in [0.1, 0.15) is 0 Å². The Morgan fingerprint density at radius 1 is 1.03 bits per heavy atom. The van der Waals surface area contributed by atoms with E-state index >= 15 is 0 Å². The van der Waals surface area contributed by atoms with E-state index in [1.54, 1.807) is 12.1 Å². The van der Waals surface area contributed by atoms with Crippen molar-refractivity contribution in [1.29, 1.82) is 0 Å². The number of nitro benzene ring substituents is 1. The Balaban J connectivity index is 1.63. The molecule has 0 spiro atoms. The quantitative estimate of drug-likeness (QED) is 0.194. The Labute approximate surface area is 228 Å². The van der Waals surface area contributed by atoms with Crippen molar-refractivity contribution in [2.24, 2.45) is 5.41 Å². The molecular weight excluding hydrogens is 552 g/mol. The highest BCUT2D eigenvalue weighted by Crippen LogP contribution is 2.48. The molecule has 1 aliphatic carbocycles. The average Bonchev–Trinajstić information content (AvgIpc) is 2.87. The van der Waals surface area contributed by atoms with Crippen LogP contribution in [0.1, 0.15) is 42.9 Å². The van der Waals surface area contributed by atoms with Crippen molar-refractivity contribution in [3.05, 3.63) is 132 Å². The second kappa shape index (κ2) is 9.77. The largest absolute Gasteiger partial charge is 0.358 e. The highest BCUT2D eigenvalue weighted by molar-refractivity contribution is 9.10. The molecule has 1 heterocycles. The molecule has 37 heavy (non-hydrogen) atoms. The highest BCUT2D eigenvalue weighted by atomic mass is 79.9. The van der Waals surface area contributed by atoms with Gasteiger partial charge >= 0.3 is 0 Å². The minimum atomic E-state index is -0.417. The van der Waals surface area contributed by atoms with Crippen LogP contribution in [0.5, 0.6) is 0 Å². The lowest BCUT2D eigenvalue weighted by molar-refractivity contribution is -0.384. The Bertz CT molecular complexity index is 1490. The summed E-state index contributed by atoms with van der Waals surface area (Å²) in [7, 11) is 0. The van der Waals surface area contributed by atoms with Crippen LogP contribution in [-0.2, 0) is 4.79 Å². The lowest BCUT2D eigenvalue weighted by atomic mass is 9.67. The Morgan fingerprint density at radius 2 is 1.68 bits per heavy atom. The molecule has 186 valence electrons. The molecule has 3 aromatic rings. The fourth-order valence-electron chi connectivity index (χ4n) is 4.97. The number of hydrogen-bond acceptors (Lipinski definition) is 4. The topological polar surface area (TPSA) is 72.2 Å². The summed E-state index contributed by atoms with van der Waals surface area (Å²) >= 11 is 9.58. The third kappa shape index (κ3) is 5.04. The SMILES string of the molecule is CC1(C)CC2=C(C(=O)/C1=C\c1ccc(Br)cc1)C(c1ccc([N+](=O)[O-])cc1)C=C(c1ccc(Cl)cc1)N2. The number of benzene rings is 3. The number of carbonyl (C=O) groups is 1. The summed E-state index contributed by atoms with van der Waals surface area (Å²) in [5.41, 5.74) is 5.50. The first-order valence-electron chi connectivity index (χ1n) is 11.9. The van der Waals surface area contributed by atoms with E-state index < -0.39 is 10.3 Å². The van der Waals surface area contributed by atoms with E-state index in [0.29, 0.717) is 17.0 Å². The lowest BCUT2D eigenvalue weighted by Crippen LogP contribution is -2.37. The predicted octanol–water partition coefficient (Wildman–Crippen LogP) is 8.08. The highest BCUT2D eigenvalue weighted by Gasteiger charge is 2.42. The van der Waals surface area contributed by atoms with Crippen LogP contribution in [0.3, 0.4) is 0 Å². The van der Waals surface area contributed by atoms with Crippen molar-refractivity contribution in [2.75, 3.05) is 0 Å². The van der Waals surface area contributed by atoms with Crippen molar-refractivity contribution in [1.82, 2.24) is 5.32 Å². The van der Waals surface area contributed by atoms with Crippen molar-refractivity contribution >= 4 is 50.8 Å². The third-order valence-electron chi connectivity index (χ3n) is 6.89. The monoisotopic (exact) mass is 574 g/mol. The van der Waals surface area contributed by atoms with Gasteiger partial charge in [0.15, 0.2) is 5.78 Å². The number of nitrogens with one attached hydrogen (secondary N) is 1. The number of carbonyl (C=O) groups excluding carboxylic acids is 1. The molecule has 1 aliphatic heterocycles. The molecule has 7 heteroatoms. The fourth-order valence-corrected chi connectivity index (χ4v) is 5.36. The second-order valence-electron chi connectivity index (χ2n) is 9.93. The molecule has 0 fully saturated rings. The molecule has 1 N–H and O–H groups in total. The van der Waals surface area contributed by atoms with Crippen LogP contribution in [0.25, 0.3) is 11.8 Å². The van der Waals surface area contributed by atoms with Gasteiger partial charge in [0, 0.05) is 50.1 Å². The third-order valence-corrected chi connectivity index (χ3v) is 7.67. The number of ketones is 1. The molecule has 0 radical (unpaired) electrons. The van der Waals surface area contributed by atoms with Gasteiger partial charge in [-0.2, -0.15) is 0 Å². The molecule has 0 amide bonds. The molecule has 0 bridgehead atoms. The summed E-state index contributed by atoms with van der Waals surface area (Å²) in [5, 5.41) is 15.4. The fraction of sp³-hybridized carbons (Fsp3) is 0.167. The maximum absolute atomic E-state index is 14.2. The van der Waals surface area contributed by atoms with Gasteiger partial charge < -0.3 is 5.32 Å². The second-order valence-corrected chi connectivity index (χ2v) is 11.3. The van der Waals surface area contributed by atoms with Crippen molar-refractivity contribution in [2.45, 2.75) is 26.2 Å². The summed E-state index contributed by atoms with van der Waals surface area (Å²) in [4.78, 5) is 25.0. The Morgan fingerprint density at radius 3 is 2.30 bits per heavy atom. The van der Waals surface area contributed by atoms with Gasteiger partial charge in [-0.1, -0.05) is 77.8 Å². The van der Waals surface area contributed by atoms with Gasteiger partial charge in [-0.3, -0.25) is 14.9 Å². The van der Waals surface area contributed by atoms with Crippen LogP contribution in [-0.4, -0.2) is 10.7 Å². The minimum absolute atomic E-state index is 0.0146. The molecule has 1 atom stereocenters. The summed E-state index contributed by atoms with van der Waals surface area (Å²) in [6, 6.07) is 21.9. The number of non-ortho nitro benzene ring substituents is 1. The van der Waals surface area contributed by atoms with Crippen molar-refractivity contribution in [3.8, 4) is 0 Å². The zero-order valence-electron chi connectivity index (χ0n) is 20.3. The minimum Gasteiger partial charge on any atom is -0.358 e. The number of dihydropyridines is 1. The predicted molar refractivity (Wildman–Crippen MR) is 151 cm³/mol. The zero-order valence-corrected chi connectivity index (χ0v) is 22.6. The normalized spacial score (nSPS) is 19.8. The number of allylic oxidation sites excluding steroid dienone is 4. The van der Waals surface area contributed by atoms with E-state index in [-0.39, 0.29) is 17.4 Å².